The minimum absolute atomic E-state index is 0.00662. The highest BCUT2D eigenvalue weighted by Gasteiger charge is 2.19. The zero-order valence-corrected chi connectivity index (χ0v) is 22.2. The van der Waals surface area contributed by atoms with Crippen molar-refractivity contribution in [3.8, 4) is 0 Å². The number of nitrogens with one attached hydrogen (secondary N) is 1. The molecule has 0 aromatic carbocycles. The smallest absolute Gasteiger partial charge is 0.222 e. The lowest BCUT2D eigenvalue weighted by molar-refractivity contribution is -0.124. The summed E-state index contributed by atoms with van der Waals surface area (Å²) in [7, 11) is 0. The van der Waals surface area contributed by atoms with Gasteiger partial charge in [-0.2, -0.15) is 0 Å². The van der Waals surface area contributed by atoms with E-state index in [1.165, 1.54) is 70.6 Å². The van der Waals surface area contributed by atoms with Gasteiger partial charge in [-0.25, -0.2) is 0 Å². The molecule has 0 bridgehead atoms. The van der Waals surface area contributed by atoms with E-state index >= 15 is 0 Å². The van der Waals surface area contributed by atoms with E-state index in [4.69, 9.17) is 0 Å². The third-order valence-electron chi connectivity index (χ3n) is 6.24. The maximum absolute atomic E-state index is 12.2. The maximum Gasteiger partial charge on any atom is 0.222 e. The van der Waals surface area contributed by atoms with Gasteiger partial charge in [-0.3, -0.25) is 4.79 Å². The molecule has 0 fully saturated rings. The fraction of sp³-hybridized carbons (Fsp3) is 0.828. The van der Waals surface area contributed by atoms with Crippen LogP contribution in [0.1, 0.15) is 129 Å². The molecule has 5 heteroatoms. The number of aliphatic hydroxyl groups is 3. The summed E-state index contributed by atoms with van der Waals surface area (Å²) in [4.78, 5) is 12.2. The lowest BCUT2D eigenvalue weighted by atomic mass is 10.0. The molecule has 0 spiro atoms. The van der Waals surface area contributed by atoms with Gasteiger partial charge in [0.25, 0.3) is 0 Å². The number of hydrogen-bond donors (Lipinski definition) is 4. The van der Waals surface area contributed by atoms with Crippen LogP contribution in [0.3, 0.4) is 0 Å². The number of unbranched alkanes of at least 4 members (excludes halogenated alkanes) is 13. The van der Waals surface area contributed by atoms with Gasteiger partial charge in [0.05, 0.1) is 31.3 Å². The summed E-state index contributed by atoms with van der Waals surface area (Å²) in [5, 5.41) is 32.6. The Labute approximate surface area is 210 Å². The van der Waals surface area contributed by atoms with Gasteiger partial charge in [-0.05, 0) is 32.1 Å². The number of rotatable bonds is 24. The van der Waals surface area contributed by atoms with Crippen molar-refractivity contribution >= 4 is 5.91 Å². The highest BCUT2D eigenvalue weighted by molar-refractivity contribution is 5.76. The molecule has 4 N–H and O–H groups in total. The van der Waals surface area contributed by atoms with Gasteiger partial charge in [0.2, 0.25) is 5.91 Å². The van der Waals surface area contributed by atoms with Crippen LogP contribution in [0.15, 0.2) is 24.3 Å². The third kappa shape index (κ3) is 21.4. The van der Waals surface area contributed by atoms with Crippen LogP contribution in [0, 0.1) is 0 Å². The summed E-state index contributed by atoms with van der Waals surface area (Å²) >= 11 is 0. The van der Waals surface area contributed by atoms with Crippen molar-refractivity contribution in [1.82, 2.24) is 5.32 Å². The molecule has 3 atom stereocenters. The molecule has 0 aromatic rings. The van der Waals surface area contributed by atoms with Crippen molar-refractivity contribution in [1.29, 1.82) is 0 Å². The molecular formula is C29H55NO4. The summed E-state index contributed by atoms with van der Waals surface area (Å²) in [5.74, 6) is -0.333. The monoisotopic (exact) mass is 481 g/mol. The van der Waals surface area contributed by atoms with Crippen molar-refractivity contribution in [2.75, 3.05) is 6.61 Å². The minimum Gasteiger partial charge on any atom is -0.394 e. The molecule has 0 radical (unpaired) electrons. The number of amides is 1. The van der Waals surface area contributed by atoms with Crippen LogP contribution in [0.2, 0.25) is 0 Å². The van der Waals surface area contributed by atoms with E-state index in [1.807, 2.05) is 6.08 Å². The normalized spacial score (nSPS) is 14.6. The lowest BCUT2D eigenvalue weighted by Crippen LogP contribution is -2.45. The van der Waals surface area contributed by atoms with Crippen LogP contribution in [0.4, 0.5) is 0 Å². The first-order chi connectivity index (χ1) is 16.5. The molecule has 0 aliphatic rings. The van der Waals surface area contributed by atoms with Crippen molar-refractivity contribution in [2.45, 2.75) is 148 Å². The zero-order chi connectivity index (χ0) is 25.3. The van der Waals surface area contributed by atoms with Crippen LogP contribution in [0.25, 0.3) is 0 Å². The molecular weight excluding hydrogens is 426 g/mol. The largest absolute Gasteiger partial charge is 0.394 e. The molecule has 34 heavy (non-hydrogen) atoms. The van der Waals surface area contributed by atoms with Crippen LogP contribution >= 0.6 is 0 Å². The number of hydrogen-bond acceptors (Lipinski definition) is 4. The molecule has 0 saturated carbocycles. The molecule has 0 aliphatic carbocycles. The van der Waals surface area contributed by atoms with Gasteiger partial charge in [0.15, 0.2) is 0 Å². The van der Waals surface area contributed by atoms with Gasteiger partial charge >= 0.3 is 0 Å². The topological polar surface area (TPSA) is 89.8 Å². The fourth-order valence-electron chi connectivity index (χ4n) is 4.00. The van der Waals surface area contributed by atoms with E-state index in [2.05, 4.69) is 31.3 Å². The number of carbonyl (C=O) groups is 1. The van der Waals surface area contributed by atoms with E-state index < -0.39 is 18.2 Å². The first-order valence-corrected chi connectivity index (χ1v) is 14.1. The maximum atomic E-state index is 12.2. The van der Waals surface area contributed by atoms with Crippen molar-refractivity contribution in [3.05, 3.63) is 24.3 Å². The number of carbonyl (C=O) groups excluding carboxylic acids is 1. The number of aliphatic hydroxyl groups excluding tert-OH is 3. The second-order valence-corrected chi connectivity index (χ2v) is 9.65. The van der Waals surface area contributed by atoms with E-state index in [9.17, 15) is 20.1 Å². The van der Waals surface area contributed by atoms with Crippen LogP contribution < -0.4 is 5.32 Å². The SMILES string of the molecule is CCCCCCC/C=C/CC/C=C/C(O)C(CO)NC(=O)CC(O)CCCCCCCCCC. The lowest BCUT2D eigenvalue weighted by Gasteiger charge is -2.21. The summed E-state index contributed by atoms with van der Waals surface area (Å²) < 4.78 is 0. The molecule has 3 unspecified atom stereocenters. The second kappa shape index (κ2) is 24.9. The third-order valence-corrected chi connectivity index (χ3v) is 6.24. The molecule has 0 aliphatic heterocycles. The standard InChI is InChI=1S/C29H55NO4/c1-3-5-7-9-11-13-14-15-17-19-21-23-28(33)27(25-31)30-29(34)24-26(32)22-20-18-16-12-10-8-6-4-2/h14-15,21,23,26-28,31-33H,3-13,16-20,22,24-25H2,1-2H3,(H,30,34)/b15-14+,23-21+. The van der Waals surface area contributed by atoms with E-state index in [0.717, 1.165) is 32.1 Å². The van der Waals surface area contributed by atoms with Crippen LogP contribution in [0.5, 0.6) is 0 Å². The van der Waals surface area contributed by atoms with Gasteiger partial charge in [-0.15, -0.1) is 0 Å². The Kier molecular flexibility index (Phi) is 24.1. The van der Waals surface area contributed by atoms with Gasteiger partial charge in [0.1, 0.15) is 0 Å². The quantitative estimate of drug-likeness (QED) is 0.0954. The first kappa shape index (κ1) is 32.8. The van der Waals surface area contributed by atoms with Crippen molar-refractivity contribution < 1.29 is 20.1 Å². The Hall–Kier alpha value is -1.17. The summed E-state index contributed by atoms with van der Waals surface area (Å²) in [6.45, 7) is 4.10. The van der Waals surface area contributed by atoms with Crippen molar-refractivity contribution in [2.24, 2.45) is 0 Å². The summed E-state index contributed by atoms with van der Waals surface area (Å²) in [6.07, 6.45) is 25.9. The Morgan fingerprint density at radius 2 is 1.26 bits per heavy atom. The number of allylic oxidation sites excluding steroid dienone is 3. The Bertz CT molecular complexity index is 506. The first-order valence-electron chi connectivity index (χ1n) is 14.1. The predicted molar refractivity (Wildman–Crippen MR) is 144 cm³/mol. The fourth-order valence-corrected chi connectivity index (χ4v) is 4.00. The summed E-state index contributed by atoms with van der Waals surface area (Å²) in [5.41, 5.74) is 0. The predicted octanol–water partition coefficient (Wildman–Crippen LogP) is 6.36. The minimum atomic E-state index is -0.943. The van der Waals surface area contributed by atoms with Crippen LogP contribution in [-0.4, -0.2) is 46.1 Å². The van der Waals surface area contributed by atoms with Crippen molar-refractivity contribution in [3.63, 3.8) is 0 Å². The van der Waals surface area contributed by atoms with Crippen LogP contribution in [-0.2, 0) is 4.79 Å². The highest BCUT2D eigenvalue weighted by atomic mass is 16.3. The Morgan fingerprint density at radius 3 is 1.88 bits per heavy atom. The average Bonchev–Trinajstić information content (AvgIpc) is 2.82. The van der Waals surface area contributed by atoms with Gasteiger partial charge in [0, 0.05) is 0 Å². The molecule has 5 nitrogen and oxygen atoms in total. The highest BCUT2D eigenvalue weighted by Crippen LogP contribution is 2.12. The zero-order valence-electron chi connectivity index (χ0n) is 22.2. The molecule has 0 aromatic heterocycles. The second-order valence-electron chi connectivity index (χ2n) is 9.65. The van der Waals surface area contributed by atoms with E-state index in [1.54, 1.807) is 6.08 Å². The summed E-state index contributed by atoms with van der Waals surface area (Å²) in [6, 6.07) is -0.752. The molecule has 0 saturated heterocycles. The molecule has 1 amide bonds. The molecule has 0 heterocycles. The molecule has 0 rings (SSSR count). The Morgan fingerprint density at radius 1 is 0.735 bits per heavy atom. The van der Waals surface area contributed by atoms with E-state index in [0.29, 0.717) is 6.42 Å². The van der Waals surface area contributed by atoms with E-state index in [-0.39, 0.29) is 18.9 Å². The van der Waals surface area contributed by atoms with Gasteiger partial charge in [-0.1, -0.05) is 115 Å². The Balaban J connectivity index is 3.93. The van der Waals surface area contributed by atoms with Gasteiger partial charge < -0.3 is 20.6 Å². The molecule has 200 valence electrons. The average molecular weight is 482 g/mol.